The lowest BCUT2D eigenvalue weighted by molar-refractivity contribution is -0.123. The van der Waals surface area contributed by atoms with Gasteiger partial charge in [0.2, 0.25) is 0 Å². The normalized spacial score (nSPS) is 10.2. The smallest absolute Gasteiger partial charge is 0.258 e. The number of benzene rings is 2. The summed E-state index contributed by atoms with van der Waals surface area (Å²) in [5, 5.41) is 12.1. The third kappa shape index (κ3) is 5.26. The van der Waals surface area contributed by atoms with Crippen LogP contribution in [0, 0.1) is 0 Å². The first-order valence-electron chi connectivity index (χ1n) is 7.04. The number of ether oxygens (including phenoxy) is 2. The number of aliphatic hydroxyl groups excluding tert-OH is 1. The van der Waals surface area contributed by atoms with Crippen molar-refractivity contribution in [3.05, 3.63) is 58.1 Å². The first-order chi connectivity index (χ1) is 11.1. The molecule has 0 fully saturated rings. The highest BCUT2D eigenvalue weighted by molar-refractivity contribution is 9.10. The van der Waals surface area contributed by atoms with Gasteiger partial charge in [-0.25, -0.2) is 0 Å². The molecule has 0 aliphatic rings. The molecule has 23 heavy (non-hydrogen) atoms. The third-order valence-corrected chi connectivity index (χ3v) is 3.69. The van der Waals surface area contributed by atoms with Gasteiger partial charge in [-0.05, 0) is 35.9 Å². The van der Waals surface area contributed by atoms with Crippen molar-refractivity contribution in [2.24, 2.45) is 0 Å². The van der Waals surface area contributed by atoms with Gasteiger partial charge in [0.05, 0.1) is 13.7 Å². The molecule has 0 spiro atoms. The average Bonchev–Trinajstić information content (AvgIpc) is 2.59. The van der Waals surface area contributed by atoms with E-state index in [0.717, 1.165) is 15.8 Å². The number of hydrogen-bond donors (Lipinski definition) is 2. The number of halogens is 1. The molecule has 2 N–H and O–H groups in total. The highest BCUT2D eigenvalue weighted by Gasteiger charge is 2.07. The van der Waals surface area contributed by atoms with Crippen LogP contribution in [0.5, 0.6) is 11.5 Å². The number of aliphatic hydroxyl groups is 1. The Morgan fingerprint density at radius 3 is 2.61 bits per heavy atom. The Labute approximate surface area is 143 Å². The van der Waals surface area contributed by atoms with Gasteiger partial charge in [-0.1, -0.05) is 28.1 Å². The fraction of sp³-hybridized carbons (Fsp3) is 0.235. The largest absolute Gasteiger partial charge is 0.497 e. The van der Waals surface area contributed by atoms with E-state index in [2.05, 4.69) is 21.2 Å². The minimum Gasteiger partial charge on any atom is -0.497 e. The van der Waals surface area contributed by atoms with E-state index < -0.39 is 0 Å². The molecule has 2 aromatic rings. The van der Waals surface area contributed by atoms with Gasteiger partial charge in [-0.2, -0.15) is 0 Å². The maximum absolute atomic E-state index is 11.8. The van der Waals surface area contributed by atoms with E-state index in [1.54, 1.807) is 25.3 Å². The third-order valence-electron chi connectivity index (χ3n) is 3.20. The van der Waals surface area contributed by atoms with E-state index in [4.69, 9.17) is 9.47 Å². The first kappa shape index (κ1) is 17.3. The Morgan fingerprint density at radius 2 is 1.96 bits per heavy atom. The molecule has 0 heterocycles. The van der Waals surface area contributed by atoms with Crippen molar-refractivity contribution in [1.29, 1.82) is 0 Å². The summed E-state index contributed by atoms with van der Waals surface area (Å²) in [6.45, 7) is 0.159. The Hall–Kier alpha value is -2.05. The fourth-order valence-corrected chi connectivity index (χ4v) is 2.36. The number of nitrogens with one attached hydrogen (secondary N) is 1. The van der Waals surface area contributed by atoms with Crippen LogP contribution in [0.3, 0.4) is 0 Å². The van der Waals surface area contributed by atoms with Crippen molar-refractivity contribution >= 4 is 21.8 Å². The van der Waals surface area contributed by atoms with Crippen LogP contribution in [0.4, 0.5) is 0 Å². The monoisotopic (exact) mass is 379 g/mol. The number of carbonyl (C=O) groups is 1. The maximum atomic E-state index is 11.8. The Bertz CT molecular complexity index is 658. The van der Waals surface area contributed by atoms with Gasteiger partial charge >= 0.3 is 0 Å². The van der Waals surface area contributed by atoms with Gasteiger partial charge in [0, 0.05) is 16.6 Å². The second kappa shape index (κ2) is 8.55. The van der Waals surface area contributed by atoms with E-state index >= 15 is 0 Å². The molecule has 0 aromatic heterocycles. The lowest BCUT2D eigenvalue weighted by atomic mass is 10.2. The Morgan fingerprint density at radius 1 is 1.22 bits per heavy atom. The predicted molar refractivity (Wildman–Crippen MR) is 90.4 cm³/mol. The molecule has 0 saturated heterocycles. The molecule has 0 saturated carbocycles. The topological polar surface area (TPSA) is 67.8 Å². The number of carbonyl (C=O) groups excluding carboxylic acids is 1. The molecule has 0 aliphatic carbocycles. The summed E-state index contributed by atoms with van der Waals surface area (Å²) in [6.07, 6.45) is 0. The highest BCUT2D eigenvalue weighted by Crippen LogP contribution is 2.23. The van der Waals surface area contributed by atoms with Crippen LogP contribution in [0.15, 0.2) is 46.9 Å². The number of rotatable bonds is 7. The molecule has 0 unspecified atom stereocenters. The molecule has 1 amide bonds. The van der Waals surface area contributed by atoms with Gasteiger partial charge in [-0.3, -0.25) is 4.79 Å². The van der Waals surface area contributed by atoms with Gasteiger partial charge in [0.25, 0.3) is 5.91 Å². The van der Waals surface area contributed by atoms with Crippen molar-refractivity contribution in [1.82, 2.24) is 5.32 Å². The zero-order chi connectivity index (χ0) is 16.7. The molecule has 6 heteroatoms. The molecular formula is C17H18BrNO4. The van der Waals surface area contributed by atoms with E-state index in [9.17, 15) is 9.90 Å². The van der Waals surface area contributed by atoms with Crippen LogP contribution in [-0.4, -0.2) is 24.7 Å². The van der Waals surface area contributed by atoms with Crippen molar-refractivity contribution in [2.75, 3.05) is 13.7 Å². The minimum atomic E-state index is -0.229. The van der Waals surface area contributed by atoms with Gasteiger partial charge in [0.15, 0.2) is 6.61 Å². The van der Waals surface area contributed by atoms with Crippen LogP contribution in [0.1, 0.15) is 11.1 Å². The van der Waals surface area contributed by atoms with E-state index in [1.807, 2.05) is 24.3 Å². The zero-order valence-electron chi connectivity index (χ0n) is 12.7. The van der Waals surface area contributed by atoms with E-state index in [-0.39, 0.29) is 19.1 Å². The quantitative estimate of drug-likeness (QED) is 0.775. The number of hydrogen-bond acceptors (Lipinski definition) is 4. The highest BCUT2D eigenvalue weighted by atomic mass is 79.9. The first-order valence-corrected chi connectivity index (χ1v) is 7.83. The van der Waals surface area contributed by atoms with Crippen LogP contribution in [0.2, 0.25) is 0 Å². The SMILES string of the molecule is COc1ccc(CNC(=O)COc2ccc(Br)cc2CO)cc1. The van der Waals surface area contributed by atoms with Crippen molar-refractivity contribution in [3.63, 3.8) is 0 Å². The van der Waals surface area contributed by atoms with Gasteiger partial charge < -0.3 is 19.9 Å². The molecule has 122 valence electrons. The van der Waals surface area contributed by atoms with Crippen LogP contribution in [-0.2, 0) is 17.9 Å². The summed E-state index contributed by atoms with van der Waals surface area (Å²) in [5.74, 6) is 1.04. The summed E-state index contributed by atoms with van der Waals surface area (Å²) in [6, 6.07) is 12.7. The Balaban J connectivity index is 1.83. The van der Waals surface area contributed by atoms with E-state index in [1.165, 1.54) is 0 Å². The number of methoxy groups -OCH3 is 1. The fourth-order valence-electron chi connectivity index (χ4n) is 1.95. The average molecular weight is 380 g/mol. The summed E-state index contributed by atoms with van der Waals surface area (Å²) >= 11 is 3.32. The van der Waals surface area contributed by atoms with Crippen molar-refractivity contribution in [2.45, 2.75) is 13.2 Å². The summed E-state index contributed by atoms with van der Waals surface area (Å²) < 4.78 is 11.4. The van der Waals surface area contributed by atoms with Crippen LogP contribution < -0.4 is 14.8 Å². The summed E-state index contributed by atoms with van der Waals surface area (Å²) in [5.41, 5.74) is 1.60. The maximum Gasteiger partial charge on any atom is 0.258 e. The molecule has 2 rings (SSSR count). The van der Waals surface area contributed by atoms with Crippen molar-refractivity contribution < 1.29 is 19.4 Å². The zero-order valence-corrected chi connectivity index (χ0v) is 14.3. The molecular weight excluding hydrogens is 362 g/mol. The van der Waals surface area contributed by atoms with E-state index in [0.29, 0.717) is 17.9 Å². The van der Waals surface area contributed by atoms with Crippen LogP contribution >= 0.6 is 15.9 Å². The van der Waals surface area contributed by atoms with Crippen LogP contribution in [0.25, 0.3) is 0 Å². The molecule has 0 radical (unpaired) electrons. The molecule has 0 bridgehead atoms. The number of amides is 1. The van der Waals surface area contributed by atoms with Gasteiger partial charge in [0.1, 0.15) is 11.5 Å². The lowest BCUT2D eigenvalue weighted by Gasteiger charge is -2.11. The summed E-state index contributed by atoms with van der Waals surface area (Å²) in [7, 11) is 1.61. The Kier molecular flexibility index (Phi) is 6.43. The predicted octanol–water partition coefficient (Wildman–Crippen LogP) is 2.65. The minimum absolute atomic E-state index is 0.106. The molecule has 0 aliphatic heterocycles. The molecule has 5 nitrogen and oxygen atoms in total. The summed E-state index contributed by atoms with van der Waals surface area (Å²) in [4.78, 5) is 11.8. The molecule has 2 aromatic carbocycles. The lowest BCUT2D eigenvalue weighted by Crippen LogP contribution is -2.28. The standard InChI is InChI=1S/C17H18BrNO4/c1-22-15-5-2-12(3-6-15)9-19-17(21)11-23-16-7-4-14(18)8-13(16)10-20/h2-8,20H,9-11H2,1H3,(H,19,21). The molecule has 0 atom stereocenters. The van der Waals surface area contributed by atoms with Gasteiger partial charge in [-0.15, -0.1) is 0 Å². The second-order valence-corrected chi connectivity index (χ2v) is 5.74. The van der Waals surface area contributed by atoms with Crippen molar-refractivity contribution in [3.8, 4) is 11.5 Å². The second-order valence-electron chi connectivity index (χ2n) is 4.82.